The number of nitrogens with zero attached hydrogens (tertiary/aromatic N) is 2. The van der Waals surface area contributed by atoms with E-state index in [9.17, 15) is 4.79 Å². The fourth-order valence-electron chi connectivity index (χ4n) is 1.48. The predicted molar refractivity (Wildman–Crippen MR) is 80.2 cm³/mol. The van der Waals surface area contributed by atoms with Crippen molar-refractivity contribution in [3.05, 3.63) is 16.5 Å². The van der Waals surface area contributed by atoms with Crippen molar-refractivity contribution in [3.8, 4) is 0 Å². The summed E-state index contributed by atoms with van der Waals surface area (Å²) in [4.78, 5) is 20.2. The number of nitrogens with one attached hydrogen (secondary N) is 2. The second-order valence-corrected chi connectivity index (χ2v) is 5.80. The Kier molecular flexibility index (Phi) is 6.21. The molecule has 19 heavy (non-hydrogen) atoms. The second kappa shape index (κ2) is 7.43. The third kappa shape index (κ3) is 6.00. The minimum Gasteiger partial charge on any atom is -0.369 e. The van der Waals surface area contributed by atoms with Gasteiger partial charge in [0.05, 0.1) is 0 Å². The number of anilines is 1. The van der Waals surface area contributed by atoms with Gasteiger partial charge in [-0.25, -0.2) is 9.97 Å². The molecule has 0 saturated heterocycles. The van der Waals surface area contributed by atoms with Gasteiger partial charge in [0.1, 0.15) is 16.2 Å². The number of carbonyl (C=O) groups is 1. The molecule has 6 heteroatoms. The first-order chi connectivity index (χ1) is 8.88. The lowest BCUT2D eigenvalue weighted by atomic mass is 10.2. The molecule has 0 atom stereocenters. The summed E-state index contributed by atoms with van der Waals surface area (Å²) in [5.74, 6) is 1.83. The highest BCUT2D eigenvalue weighted by atomic mass is 79.9. The van der Waals surface area contributed by atoms with Gasteiger partial charge in [-0.1, -0.05) is 13.8 Å². The molecule has 5 nitrogen and oxygen atoms in total. The first kappa shape index (κ1) is 15.9. The molecule has 0 aliphatic carbocycles. The molecule has 0 radical (unpaired) electrons. The summed E-state index contributed by atoms with van der Waals surface area (Å²) in [6.45, 7) is 8.53. The van der Waals surface area contributed by atoms with Gasteiger partial charge in [0.2, 0.25) is 5.91 Å². The zero-order valence-electron chi connectivity index (χ0n) is 11.8. The lowest BCUT2D eigenvalue weighted by Gasteiger charge is -2.11. The van der Waals surface area contributed by atoms with Gasteiger partial charge in [0.25, 0.3) is 0 Å². The first-order valence-electron chi connectivity index (χ1n) is 6.46. The quantitative estimate of drug-likeness (QED) is 0.788. The van der Waals surface area contributed by atoms with Crippen molar-refractivity contribution in [2.45, 2.75) is 46.1 Å². The third-order valence-corrected chi connectivity index (χ3v) is 2.74. The van der Waals surface area contributed by atoms with E-state index in [1.807, 2.05) is 33.8 Å². The molecular weight excluding hydrogens is 308 g/mol. The van der Waals surface area contributed by atoms with Gasteiger partial charge in [-0.15, -0.1) is 0 Å². The molecule has 1 aromatic rings. The molecule has 0 unspecified atom stereocenters. The van der Waals surface area contributed by atoms with Gasteiger partial charge in [-0.2, -0.15) is 0 Å². The summed E-state index contributed by atoms with van der Waals surface area (Å²) < 4.78 is 0.750. The van der Waals surface area contributed by atoms with Crippen LogP contribution < -0.4 is 10.6 Å². The zero-order chi connectivity index (χ0) is 14.4. The molecule has 0 aliphatic heterocycles. The molecule has 0 aliphatic rings. The number of hydrogen-bond donors (Lipinski definition) is 2. The molecule has 2 N–H and O–H groups in total. The van der Waals surface area contributed by atoms with E-state index in [4.69, 9.17) is 0 Å². The summed E-state index contributed by atoms with van der Waals surface area (Å²) in [5.41, 5.74) is 0. The van der Waals surface area contributed by atoms with E-state index in [0.717, 1.165) is 16.2 Å². The molecule has 0 bridgehead atoms. The van der Waals surface area contributed by atoms with Crippen molar-refractivity contribution in [3.63, 3.8) is 0 Å². The number of amides is 1. The topological polar surface area (TPSA) is 66.9 Å². The van der Waals surface area contributed by atoms with Crippen LogP contribution in [0, 0.1) is 0 Å². The number of carbonyl (C=O) groups excluding carboxylic acids is 1. The van der Waals surface area contributed by atoms with E-state index >= 15 is 0 Å². The van der Waals surface area contributed by atoms with Crippen LogP contribution in [0.3, 0.4) is 0 Å². The lowest BCUT2D eigenvalue weighted by Crippen LogP contribution is -2.31. The smallest absolute Gasteiger partial charge is 0.221 e. The largest absolute Gasteiger partial charge is 0.369 e. The van der Waals surface area contributed by atoms with Crippen molar-refractivity contribution in [1.82, 2.24) is 15.3 Å². The van der Waals surface area contributed by atoms with Crippen LogP contribution >= 0.6 is 15.9 Å². The average molecular weight is 329 g/mol. The number of aromatic nitrogens is 2. The van der Waals surface area contributed by atoms with Crippen molar-refractivity contribution in [2.75, 3.05) is 11.9 Å². The SMILES string of the molecule is CC(C)NC(=O)CCNc1cc(Br)nc(C(C)C)n1. The Balaban J connectivity index is 2.51. The third-order valence-electron chi connectivity index (χ3n) is 2.34. The minimum absolute atomic E-state index is 0.0414. The van der Waals surface area contributed by atoms with Crippen LogP contribution in [0.2, 0.25) is 0 Å². The van der Waals surface area contributed by atoms with Gasteiger partial charge in [-0.05, 0) is 29.8 Å². The van der Waals surface area contributed by atoms with Crippen LogP contribution in [0.1, 0.15) is 45.9 Å². The van der Waals surface area contributed by atoms with E-state index in [1.54, 1.807) is 0 Å². The van der Waals surface area contributed by atoms with Crippen molar-refractivity contribution >= 4 is 27.7 Å². The van der Waals surface area contributed by atoms with E-state index in [1.165, 1.54) is 0 Å². The highest BCUT2D eigenvalue weighted by Crippen LogP contribution is 2.17. The fraction of sp³-hybridized carbons (Fsp3) is 0.615. The number of rotatable bonds is 6. The average Bonchev–Trinajstić information content (AvgIpc) is 2.27. The van der Waals surface area contributed by atoms with Gasteiger partial charge in [0.15, 0.2) is 0 Å². The standard InChI is InChI=1S/C13H21BrN4O/c1-8(2)13-17-10(14)7-11(18-13)15-6-5-12(19)16-9(3)4/h7-9H,5-6H2,1-4H3,(H,16,19)(H,15,17,18). The summed E-state index contributed by atoms with van der Waals surface area (Å²) in [7, 11) is 0. The summed E-state index contributed by atoms with van der Waals surface area (Å²) in [5, 5.41) is 5.99. The molecular formula is C13H21BrN4O. The summed E-state index contributed by atoms with van der Waals surface area (Å²) >= 11 is 3.36. The fourth-order valence-corrected chi connectivity index (χ4v) is 1.88. The molecule has 0 saturated carbocycles. The second-order valence-electron chi connectivity index (χ2n) is 4.99. The van der Waals surface area contributed by atoms with Crippen LogP contribution in [0.25, 0.3) is 0 Å². The van der Waals surface area contributed by atoms with Gasteiger partial charge in [0, 0.05) is 31.0 Å². The Morgan fingerprint density at radius 1 is 1.32 bits per heavy atom. The maximum Gasteiger partial charge on any atom is 0.221 e. The lowest BCUT2D eigenvalue weighted by molar-refractivity contribution is -0.121. The van der Waals surface area contributed by atoms with E-state index in [2.05, 4.69) is 36.5 Å². The Morgan fingerprint density at radius 3 is 2.58 bits per heavy atom. The first-order valence-corrected chi connectivity index (χ1v) is 7.25. The van der Waals surface area contributed by atoms with E-state index in [-0.39, 0.29) is 17.9 Å². The van der Waals surface area contributed by atoms with E-state index in [0.29, 0.717) is 13.0 Å². The van der Waals surface area contributed by atoms with E-state index < -0.39 is 0 Å². The molecule has 106 valence electrons. The minimum atomic E-state index is 0.0414. The summed E-state index contributed by atoms with van der Waals surface area (Å²) in [6, 6.07) is 1.99. The number of hydrogen-bond acceptors (Lipinski definition) is 4. The van der Waals surface area contributed by atoms with Gasteiger partial charge in [-0.3, -0.25) is 4.79 Å². The molecule has 1 aromatic heterocycles. The maximum absolute atomic E-state index is 11.5. The van der Waals surface area contributed by atoms with Crippen LogP contribution in [0.15, 0.2) is 10.7 Å². The molecule has 1 rings (SSSR count). The Hall–Kier alpha value is -1.17. The van der Waals surface area contributed by atoms with Crippen molar-refractivity contribution < 1.29 is 4.79 Å². The Bertz CT molecular complexity index is 435. The highest BCUT2D eigenvalue weighted by molar-refractivity contribution is 9.10. The molecule has 1 heterocycles. The summed E-state index contributed by atoms with van der Waals surface area (Å²) in [6.07, 6.45) is 0.427. The van der Waals surface area contributed by atoms with Gasteiger partial charge >= 0.3 is 0 Å². The normalized spacial score (nSPS) is 10.9. The van der Waals surface area contributed by atoms with Crippen molar-refractivity contribution in [2.24, 2.45) is 0 Å². The molecule has 0 spiro atoms. The van der Waals surface area contributed by atoms with Crippen LogP contribution in [0.4, 0.5) is 5.82 Å². The Labute approximate surface area is 122 Å². The van der Waals surface area contributed by atoms with Crippen LogP contribution in [0.5, 0.6) is 0 Å². The molecule has 0 fully saturated rings. The highest BCUT2D eigenvalue weighted by Gasteiger charge is 2.07. The van der Waals surface area contributed by atoms with Gasteiger partial charge < -0.3 is 10.6 Å². The maximum atomic E-state index is 11.5. The van der Waals surface area contributed by atoms with Crippen molar-refractivity contribution in [1.29, 1.82) is 0 Å². The zero-order valence-corrected chi connectivity index (χ0v) is 13.4. The molecule has 1 amide bonds. The molecule has 0 aromatic carbocycles. The predicted octanol–water partition coefficient (Wildman–Crippen LogP) is 2.69. The Morgan fingerprint density at radius 2 is 2.00 bits per heavy atom. The van der Waals surface area contributed by atoms with Crippen LogP contribution in [-0.4, -0.2) is 28.5 Å². The van der Waals surface area contributed by atoms with Crippen LogP contribution in [-0.2, 0) is 4.79 Å². The number of halogens is 1. The monoisotopic (exact) mass is 328 g/mol.